The van der Waals surface area contributed by atoms with Gasteiger partial charge in [0.25, 0.3) is 0 Å². The van der Waals surface area contributed by atoms with E-state index in [2.05, 4.69) is 32.6 Å². The molecule has 0 saturated carbocycles. The van der Waals surface area contributed by atoms with E-state index in [1.165, 1.54) is 58.0 Å². The standard InChI is InChI=1S/C26H30F3IN4O3S/c1-5-18(31)15-21(26(27,28)29)20(6-2)22-16-23(33-24(32-22)34-11-13-37-14-12-34)25(3,4)38(35,36)19-9-7-17(30)8-10-19/h5-10,15-16H,11-14,31H2,1-4H3/b18-5-,20-6+,21-15+. The summed E-state index contributed by atoms with van der Waals surface area (Å²) in [5.41, 5.74) is 4.46. The molecule has 2 N–H and O–H groups in total. The first-order valence-electron chi connectivity index (χ1n) is 11.8. The minimum atomic E-state index is -4.75. The van der Waals surface area contributed by atoms with Crippen molar-refractivity contribution in [1.82, 2.24) is 9.97 Å². The van der Waals surface area contributed by atoms with E-state index in [1.807, 2.05) is 0 Å². The molecule has 12 heteroatoms. The monoisotopic (exact) mass is 662 g/mol. The van der Waals surface area contributed by atoms with Crippen molar-refractivity contribution >= 4 is 43.9 Å². The SMILES string of the molecule is C/C=C(N)/C=C(\C(=C/C)c1cc(C(C)(C)S(=O)(=O)c2ccc(I)cc2)nc(N2CCOCC2)n1)C(F)(F)F. The van der Waals surface area contributed by atoms with E-state index in [4.69, 9.17) is 10.5 Å². The third-order valence-corrected chi connectivity index (χ3v) is 9.39. The summed E-state index contributed by atoms with van der Waals surface area (Å²) in [6.45, 7) is 7.56. The van der Waals surface area contributed by atoms with Crippen LogP contribution < -0.4 is 10.6 Å². The van der Waals surface area contributed by atoms with Crippen LogP contribution in [0.4, 0.5) is 19.1 Å². The molecule has 0 radical (unpaired) electrons. The van der Waals surface area contributed by atoms with Crippen LogP contribution in [0, 0.1) is 3.57 Å². The number of morpholine rings is 1. The largest absolute Gasteiger partial charge is 0.417 e. The third-order valence-electron chi connectivity index (χ3n) is 6.23. The Hall–Kier alpha value is -2.45. The van der Waals surface area contributed by atoms with E-state index >= 15 is 0 Å². The molecule has 38 heavy (non-hydrogen) atoms. The Morgan fingerprint density at radius 3 is 2.21 bits per heavy atom. The van der Waals surface area contributed by atoms with Gasteiger partial charge in [-0.25, -0.2) is 18.4 Å². The fraction of sp³-hybridized carbons (Fsp3) is 0.385. The Balaban J connectivity index is 2.27. The number of allylic oxidation sites excluding steroid dienone is 5. The highest BCUT2D eigenvalue weighted by molar-refractivity contribution is 14.1. The highest BCUT2D eigenvalue weighted by atomic mass is 127. The maximum absolute atomic E-state index is 14.2. The van der Waals surface area contributed by atoms with E-state index in [0.717, 1.165) is 9.65 Å². The Morgan fingerprint density at radius 1 is 1.08 bits per heavy atom. The van der Waals surface area contributed by atoms with Gasteiger partial charge in [0.1, 0.15) is 4.75 Å². The highest BCUT2D eigenvalue weighted by Crippen LogP contribution is 2.40. The van der Waals surface area contributed by atoms with Gasteiger partial charge in [-0.1, -0.05) is 12.2 Å². The Labute approximate surface area is 234 Å². The van der Waals surface area contributed by atoms with Crippen LogP contribution >= 0.6 is 22.6 Å². The fourth-order valence-corrected chi connectivity index (χ4v) is 5.66. The van der Waals surface area contributed by atoms with Gasteiger partial charge in [-0.05, 0) is 86.7 Å². The predicted molar refractivity (Wildman–Crippen MR) is 150 cm³/mol. The quantitative estimate of drug-likeness (QED) is 0.314. The summed E-state index contributed by atoms with van der Waals surface area (Å²) in [6, 6.07) is 7.68. The van der Waals surface area contributed by atoms with Gasteiger partial charge in [0, 0.05) is 27.9 Å². The fourth-order valence-electron chi connectivity index (χ4n) is 3.84. The van der Waals surface area contributed by atoms with Gasteiger partial charge < -0.3 is 15.4 Å². The van der Waals surface area contributed by atoms with Crippen LogP contribution in [0.15, 0.2) is 64.7 Å². The van der Waals surface area contributed by atoms with Crippen molar-refractivity contribution in [2.45, 2.75) is 43.5 Å². The number of alkyl halides is 3. The van der Waals surface area contributed by atoms with Crippen LogP contribution in [-0.2, 0) is 19.3 Å². The number of aromatic nitrogens is 2. The summed E-state index contributed by atoms with van der Waals surface area (Å²) in [5.74, 6) is 0.131. The van der Waals surface area contributed by atoms with Gasteiger partial charge in [0.05, 0.1) is 35.1 Å². The summed E-state index contributed by atoms with van der Waals surface area (Å²) in [5, 5.41) is 0. The molecule has 0 bridgehead atoms. The number of anilines is 1. The molecule has 1 aromatic heterocycles. The maximum atomic E-state index is 14.2. The highest BCUT2D eigenvalue weighted by Gasteiger charge is 2.41. The van der Waals surface area contributed by atoms with Crippen molar-refractivity contribution in [3.05, 3.63) is 74.8 Å². The number of halogens is 4. The molecule has 1 saturated heterocycles. The molecular formula is C26H30F3IN4O3S. The van der Waals surface area contributed by atoms with Gasteiger partial charge in [-0.2, -0.15) is 13.2 Å². The van der Waals surface area contributed by atoms with Crippen LogP contribution in [0.3, 0.4) is 0 Å². The summed E-state index contributed by atoms with van der Waals surface area (Å²) in [6.07, 6.45) is -1.25. The Bertz CT molecular complexity index is 1360. The molecule has 3 rings (SSSR count). The topological polar surface area (TPSA) is 98.4 Å². The lowest BCUT2D eigenvalue weighted by Crippen LogP contribution is -2.38. The van der Waals surface area contributed by atoms with E-state index in [9.17, 15) is 21.6 Å². The first-order valence-corrected chi connectivity index (χ1v) is 14.4. The molecule has 0 spiro atoms. The van der Waals surface area contributed by atoms with Gasteiger partial charge >= 0.3 is 6.18 Å². The van der Waals surface area contributed by atoms with E-state index in [0.29, 0.717) is 26.3 Å². The van der Waals surface area contributed by atoms with Gasteiger partial charge in [-0.15, -0.1) is 0 Å². The molecule has 0 unspecified atom stereocenters. The van der Waals surface area contributed by atoms with Gasteiger partial charge in [0.15, 0.2) is 9.84 Å². The average molecular weight is 663 g/mol. The molecule has 0 amide bonds. The molecule has 2 aromatic rings. The number of ether oxygens (including phenoxy) is 1. The number of sulfone groups is 1. The number of rotatable bonds is 7. The Morgan fingerprint density at radius 2 is 1.68 bits per heavy atom. The molecule has 1 aromatic carbocycles. The molecule has 1 aliphatic rings. The van der Waals surface area contributed by atoms with Crippen LogP contribution in [0.5, 0.6) is 0 Å². The predicted octanol–water partition coefficient (Wildman–Crippen LogP) is 5.38. The lowest BCUT2D eigenvalue weighted by molar-refractivity contribution is -0.0871. The molecule has 0 aliphatic carbocycles. The minimum Gasteiger partial charge on any atom is -0.399 e. The summed E-state index contributed by atoms with van der Waals surface area (Å²) in [7, 11) is -4.00. The second-order valence-corrected chi connectivity index (χ2v) is 12.8. The molecular weight excluding hydrogens is 632 g/mol. The maximum Gasteiger partial charge on any atom is 0.417 e. The minimum absolute atomic E-state index is 0.0580. The third kappa shape index (κ3) is 6.40. The van der Waals surface area contributed by atoms with E-state index < -0.39 is 26.3 Å². The molecule has 2 heterocycles. The zero-order valence-corrected chi connectivity index (χ0v) is 24.5. The second kappa shape index (κ2) is 11.7. The summed E-state index contributed by atoms with van der Waals surface area (Å²) in [4.78, 5) is 10.9. The van der Waals surface area contributed by atoms with Crippen LogP contribution in [0.2, 0.25) is 0 Å². The molecule has 7 nitrogen and oxygen atoms in total. The lowest BCUT2D eigenvalue weighted by atomic mass is 9.98. The smallest absolute Gasteiger partial charge is 0.399 e. The number of hydrogen-bond donors (Lipinski definition) is 1. The lowest BCUT2D eigenvalue weighted by Gasteiger charge is -2.30. The molecule has 206 valence electrons. The summed E-state index contributed by atoms with van der Waals surface area (Å²) >= 11 is 2.08. The Kier molecular flexibility index (Phi) is 9.30. The zero-order valence-electron chi connectivity index (χ0n) is 21.5. The summed E-state index contributed by atoms with van der Waals surface area (Å²) < 4.78 is 74.8. The van der Waals surface area contributed by atoms with Crippen molar-refractivity contribution in [3.63, 3.8) is 0 Å². The molecule has 1 fully saturated rings. The van der Waals surface area contributed by atoms with E-state index in [-0.39, 0.29) is 33.5 Å². The van der Waals surface area contributed by atoms with Crippen LogP contribution in [0.1, 0.15) is 39.1 Å². The van der Waals surface area contributed by atoms with Crippen molar-refractivity contribution in [1.29, 1.82) is 0 Å². The van der Waals surface area contributed by atoms with Crippen LogP contribution in [0.25, 0.3) is 5.57 Å². The second-order valence-electron chi connectivity index (χ2n) is 9.05. The van der Waals surface area contributed by atoms with Crippen LogP contribution in [-0.4, -0.2) is 50.9 Å². The van der Waals surface area contributed by atoms with Gasteiger partial charge in [-0.3, -0.25) is 0 Å². The molecule has 0 atom stereocenters. The normalized spacial score (nSPS) is 16.6. The van der Waals surface area contributed by atoms with E-state index in [1.54, 1.807) is 17.0 Å². The van der Waals surface area contributed by atoms with Gasteiger partial charge in [0.2, 0.25) is 5.95 Å². The number of nitrogens with zero attached hydrogens (tertiary/aromatic N) is 3. The van der Waals surface area contributed by atoms with Crippen molar-refractivity contribution in [2.24, 2.45) is 5.73 Å². The molecule has 1 aliphatic heterocycles. The van der Waals surface area contributed by atoms with Crippen molar-refractivity contribution in [3.8, 4) is 0 Å². The van der Waals surface area contributed by atoms with Crippen molar-refractivity contribution in [2.75, 3.05) is 31.2 Å². The first kappa shape index (κ1) is 30.1. The number of hydrogen-bond acceptors (Lipinski definition) is 7. The number of nitrogens with two attached hydrogens (primary N) is 1. The average Bonchev–Trinajstić information content (AvgIpc) is 2.88. The number of benzene rings is 1. The van der Waals surface area contributed by atoms with Crippen molar-refractivity contribution < 1.29 is 26.3 Å². The first-order chi connectivity index (χ1) is 17.7. The zero-order chi connectivity index (χ0) is 28.3.